The topological polar surface area (TPSA) is 32.5 Å². The van der Waals surface area contributed by atoms with Gasteiger partial charge in [0, 0.05) is 31.7 Å². The third-order valence-corrected chi connectivity index (χ3v) is 4.37. The van der Waals surface area contributed by atoms with Crippen LogP contribution in [0.25, 0.3) is 0 Å². The molecule has 2 atom stereocenters. The molecular weight excluding hydrogens is 272 g/mol. The van der Waals surface area contributed by atoms with Crippen LogP contribution in [-0.4, -0.2) is 49.1 Å². The fourth-order valence-electron chi connectivity index (χ4n) is 3.22. The van der Waals surface area contributed by atoms with Crippen molar-refractivity contribution >= 4 is 0 Å². The molecule has 1 heterocycles. The Morgan fingerprint density at radius 3 is 2.67 bits per heavy atom. The molecule has 0 aromatic heterocycles. The fourth-order valence-corrected chi connectivity index (χ4v) is 3.22. The molecular formula is C16H25F2N3. The molecule has 1 saturated heterocycles. The summed E-state index contributed by atoms with van der Waals surface area (Å²) in [6.07, 6.45) is 2.08. The van der Waals surface area contributed by atoms with Gasteiger partial charge in [-0.15, -0.1) is 0 Å². The van der Waals surface area contributed by atoms with Gasteiger partial charge in [0.15, 0.2) is 11.6 Å². The zero-order chi connectivity index (χ0) is 15.4. The number of nitrogens with two attached hydrogens (primary N) is 1. The first-order valence-electron chi connectivity index (χ1n) is 7.66. The molecule has 2 rings (SSSR count). The van der Waals surface area contributed by atoms with E-state index in [1.165, 1.54) is 12.1 Å². The highest BCUT2D eigenvalue weighted by molar-refractivity contribution is 5.22. The third-order valence-electron chi connectivity index (χ3n) is 4.37. The molecule has 0 saturated carbocycles. The molecule has 0 bridgehead atoms. The van der Waals surface area contributed by atoms with Crippen molar-refractivity contribution in [1.29, 1.82) is 0 Å². The molecule has 1 aliphatic heterocycles. The van der Waals surface area contributed by atoms with Crippen LogP contribution < -0.4 is 5.73 Å². The lowest BCUT2D eigenvalue weighted by molar-refractivity contribution is 0.131. The highest BCUT2D eigenvalue weighted by Crippen LogP contribution is 2.26. The van der Waals surface area contributed by atoms with E-state index in [1.807, 2.05) is 0 Å². The van der Waals surface area contributed by atoms with Crippen molar-refractivity contribution in [3.05, 3.63) is 35.4 Å². The van der Waals surface area contributed by atoms with Crippen molar-refractivity contribution in [3.8, 4) is 0 Å². The number of rotatable bonds is 4. The second-order valence-electron chi connectivity index (χ2n) is 5.84. The van der Waals surface area contributed by atoms with Crippen LogP contribution >= 0.6 is 0 Å². The summed E-state index contributed by atoms with van der Waals surface area (Å²) in [5, 5.41) is 0. The monoisotopic (exact) mass is 297 g/mol. The SMILES string of the molecule is CCC1CN(C)CCCN1C(CN)c1ccc(F)c(F)c1. The molecule has 1 aromatic carbocycles. The maximum absolute atomic E-state index is 13.5. The van der Waals surface area contributed by atoms with E-state index in [1.54, 1.807) is 6.07 Å². The molecule has 5 heteroatoms. The minimum atomic E-state index is -0.808. The van der Waals surface area contributed by atoms with Gasteiger partial charge in [0.2, 0.25) is 0 Å². The molecule has 1 aromatic rings. The van der Waals surface area contributed by atoms with Crippen LogP contribution in [0.5, 0.6) is 0 Å². The first-order valence-corrected chi connectivity index (χ1v) is 7.66. The third kappa shape index (κ3) is 3.78. The Balaban J connectivity index is 2.27. The Labute approximate surface area is 125 Å². The average Bonchev–Trinajstić information content (AvgIpc) is 2.65. The lowest BCUT2D eigenvalue weighted by atomic mass is 10.0. The van der Waals surface area contributed by atoms with E-state index >= 15 is 0 Å². The maximum Gasteiger partial charge on any atom is 0.159 e. The van der Waals surface area contributed by atoms with E-state index in [-0.39, 0.29) is 6.04 Å². The highest BCUT2D eigenvalue weighted by Gasteiger charge is 2.28. The lowest BCUT2D eigenvalue weighted by Gasteiger charge is -2.36. The molecule has 1 aliphatic rings. The Morgan fingerprint density at radius 1 is 1.29 bits per heavy atom. The summed E-state index contributed by atoms with van der Waals surface area (Å²) in [5.74, 6) is -1.61. The predicted octanol–water partition coefficient (Wildman–Crippen LogP) is 2.38. The van der Waals surface area contributed by atoms with Gasteiger partial charge in [-0.25, -0.2) is 8.78 Å². The average molecular weight is 297 g/mol. The minimum absolute atomic E-state index is 0.0588. The van der Waals surface area contributed by atoms with Crippen molar-refractivity contribution < 1.29 is 8.78 Å². The van der Waals surface area contributed by atoms with Crippen LogP contribution in [0.3, 0.4) is 0 Å². The number of nitrogens with zero attached hydrogens (tertiary/aromatic N) is 2. The van der Waals surface area contributed by atoms with E-state index in [2.05, 4.69) is 23.8 Å². The van der Waals surface area contributed by atoms with Crippen LogP contribution in [0.2, 0.25) is 0 Å². The number of benzene rings is 1. The number of halogens is 2. The van der Waals surface area contributed by atoms with Crippen molar-refractivity contribution in [1.82, 2.24) is 9.80 Å². The number of likely N-dealkylation sites (N-methyl/N-ethyl adjacent to an activating group) is 1. The van der Waals surface area contributed by atoms with Gasteiger partial charge >= 0.3 is 0 Å². The normalized spacial score (nSPS) is 23.0. The Hall–Kier alpha value is -1.04. The van der Waals surface area contributed by atoms with E-state index in [4.69, 9.17) is 5.73 Å². The van der Waals surface area contributed by atoms with Crippen LogP contribution in [-0.2, 0) is 0 Å². The van der Waals surface area contributed by atoms with Gasteiger partial charge in [-0.3, -0.25) is 4.90 Å². The zero-order valence-corrected chi connectivity index (χ0v) is 12.9. The quantitative estimate of drug-likeness (QED) is 0.926. The van der Waals surface area contributed by atoms with Crippen molar-refractivity contribution in [3.63, 3.8) is 0 Å². The van der Waals surface area contributed by atoms with Gasteiger partial charge in [-0.1, -0.05) is 13.0 Å². The smallest absolute Gasteiger partial charge is 0.159 e. The molecule has 0 aliphatic carbocycles. The summed E-state index contributed by atoms with van der Waals surface area (Å²) in [6, 6.07) is 4.46. The van der Waals surface area contributed by atoms with E-state index < -0.39 is 11.6 Å². The second-order valence-corrected chi connectivity index (χ2v) is 5.84. The van der Waals surface area contributed by atoms with Crippen LogP contribution in [0.1, 0.15) is 31.4 Å². The van der Waals surface area contributed by atoms with Crippen molar-refractivity contribution in [2.45, 2.75) is 31.8 Å². The van der Waals surface area contributed by atoms with E-state index in [9.17, 15) is 8.78 Å². The van der Waals surface area contributed by atoms with Gasteiger partial charge in [-0.2, -0.15) is 0 Å². The molecule has 1 fully saturated rings. The zero-order valence-electron chi connectivity index (χ0n) is 12.9. The Kier molecular flexibility index (Phi) is 5.67. The second kappa shape index (κ2) is 7.29. The standard InChI is InChI=1S/C16H25F2N3/c1-3-13-11-20(2)7-4-8-21(13)16(10-19)12-5-6-14(17)15(18)9-12/h5-6,9,13,16H,3-4,7-8,10-11,19H2,1-2H3. The minimum Gasteiger partial charge on any atom is -0.329 e. The molecule has 3 nitrogen and oxygen atoms in total. The van der Waals surface area contributed by atoms with Crippen molar-refractivity contribution in [2.75, 3.05) is 33.2 Å². The predicted molar refractivity (Wildman–Crippen MR) is 81.1 cm³/mol. The van der Waals surface area contributed by atoms with E-state index in [0.29, 0.717) is 12.6 Å². The first kappa shape index (κ1) is 16.3. The van der Waals surface area contributed by atoms with Crippen LogP contribution in [0.4, 0.5) is 8.78 Å². The van der Waals surface area contributed by atoms with Gasteiger partial charge in [0.1, 0.15) is 0 Å². The van der Waals surface area contributed by atoms with Crippen LogP contribution in [0.15, 0.2) is 18.2 Å². The van der Waals surface area contributed by atoms with Gasteiger partial charge in [0.05, 0.1) is 0 Å². The summed E-state index contributed by atoms with van der Waals surface area (Å²) in [5.41, 5.74) is 6.72. The van der Waals surface area contributed by atoms with Crippen molar-refractivity contribution in [2.24, 2.45) is 5.73 Å². The summed E-state index contributed by atoms with van der Waals surface area (Å²) in [7, 11) is 2.13. The summed E-state index contributed by atoms with van der Waals surface area (Å²) in [6.45, 7) is 5.55. The van der Waals surface area contributed by atoms with Gasteiger partial charge in [-0.05, 0) is 44.1 Å². The molecule has 118 valence electrons. The van der Waals surface area contributed by atoms with Gasteiger partial charge < -0.3 is 10.6 Å². The Morgan fingerprint density at radius 2 is 2.05 bits per heavy atom. The molecule has 2 N–H and O–H groups in total. The molecule has 21 heavy (non-hydrogen) atoms. The summed E-state index contributed by atoms with van der Waals surface area (Å²) >= 11 is 0. The fraction of sp³-hybridized carbons (Fsp3) is 0.625. The Bertz CT molecular complexity index is 467. The largest absolute Gasteiger partial charge is 0.329 e. The lowest BCUT2D eigenvalue weighted by Crippen LogP contribution is -2.44. The number of hydrogen-bond acceptors (Lipinski definition) is 3. The molecule has 0 amide bonds. The maximum atomic E-state index is 13.5. The van der Waals surface area contributed by atoms with E-state index in [0.717, 1.165) is 38.0 Å². The molecule has 0 spiro atoms. The molecule has 2 unspecified atom stereocenters. The summed E-state index contributed by atoms with van der Waals surface area (Å²) < 4.78 is 26.7. The number of hydrogen-bond donors (Lipinski definition) is 1. The summed E-state index contributed by atoms with van der Waals surface area (Å²) in [4.78, 5) is 4.68. The van der Waals surface area contributed by atoms with Crippen LogP contribution in [0, 0.1) is 11.6 Å². The first-order chi connectivity index (χ1) is 10.1. The van der Waals surface area contributed by atoms with Gasteiger partial charge in [0.25, 0.3) is 0 Å². The highest BCUT2D eigenvalue weighted by atomic mass is 19.2. The molecule has 0 radical (unpaired) electrons.